The minimum atomic E-state index is 0.269. The topological polar surface area (TPSA) is 49.2 Å². The van der Waals surface area contributed by atoms with Crippen molar-refractivity contribution in [3.8, 4) is 0 Å². The van der Waals surface area contributed by atoms with Gasteiger partial charge in [0.15, 0.2) is 0 Å². The molecule has 0 aliphatic heterocycles. The van der Waals surface area contributed by atoms with Gasteiger partial charge < -0.3 is 9.47 Å². The molecule has 17 heavy (non-hydrogen) atoms. The lowest BCUT2D eigenvalue weighted by molar-refractivity contribution is 0.0200. The van der Waals surface area contributed by atoms with Crippen LogP contribution >= 0.6 is 0 Å². The minimum Gasteiger partial charge on any atom is -0.379 e. The van der Waals surface area contributed by atoms with Crippen LogP contribution < -0.4 is 0 Å². The summed E-state index contributed by atoms with van der Waals surface area (Å²) in [6.45, 7) is 10.2. The smallest absolute Gasteiger partial charge is 0.0726 e. The Balaban J connectivity index is 2.16. The zero-order valence-electron chi connectivity index (χ0n) is 11.2. The molecule has 5 heteroatoms. The van der Waals surface area contributed by atoms with Gasteiger partial charge in [0.25, 0.3) is 0 Å². The van der Waals surface area contributed by atoms with Crippen molar-refractivity contribution in [2.24, 2.45) is 0 Å². The number of hydrogen-bond donors (Lipinski definition) is 0. The summed E-state index contributed by atoms with van der Waals surface area (Å²) < 4.78 is 12.8. The Bertz CT molecular complexity index is 310. The van der Waals surface area contributed by atoms with E-state index in [4.69, 9.17) is 9.47 Å². The van der Waals surface area contributed by atoms with E-state index in [2.05, 4.69) is 24.2 Å². The van der Waals surface area contributed by atoms with Gasteiger partial charge in [0.2, 0.25) is 0 Å². The molecule has 1 aromatic heterocycles. The highest BCUT2D eigenvalue weighted by molar-refractivity contribution is 4.95. The van der Waals surface area contributed by atoms with Crippen LogP contribution in [0.1, 0.15) is 39.4 Å². The molecule has 0 amide bonds. The molecule has 0 saturated heterocycles. The molecule has 0 bridgehead atoms. The molecule has 0 aliphatic rings. The van der Waals surface area contributed by atoms with Crippen molar-refractivity contribution in [3.63, 3.8) is 0 Å². The van der Waals surface area contributed by atoms with Gasteiger partial charge in [-0.05, 0) is 27.7 Å². The molecule has 1 rings (SSSR count). The second-order valence-electron chi connectivity index (χ2n) is 4.55. The summed E-state index contributed by atoms with van der Waals surface area (Å²) in [6, 6.07) is 0.344. The third kappa shape index (κ3) is 5.28. The highest BCUT2D eigenvalue weighted by Gasteiger charge is 2.06. The third-order valence-corrected chi connectivity index (χ3v) is 2.32. The van der Waals surface area contributed by atoms with Crippen molar-refractivity contribution in [3.05, 3.63) is 11.9 Å². The molecule has 0 aromatic carbocycles. The Labute approximate surface area is 103 Å². The maximum Gasteiger partial charge on any atom is 0.0726 e. The summed E-state index contributed by atoms with van der Waals surface area (Å²) in [7, 11) is 0. The zero-order chi connectivity index (χ0) is 12.7. The molecule has 0 N–H and O–H groups in total. The van der Waals surface area contributed by atoms with Gasteiger partial charge in [-0.1, -0.05) is 5.21 Å². The Kier molecular flexibility index (Phi) is 6.15. The van der Waals surface area contributed by atoms with Gasteiger partial charge in [-0.15, -0.1) is 5.10 Å². The van der Waals surface area contributed by atoms with Crippen LogP contribution in [0.5, 0.6) is 0 Å². The van der Waals surface area contributed by atoms with Crippen LogP contribution in [0.25, 0.3) is 0 Å². The van der Waals surface area contributed by atoms with Gasteiger partial charge in [0, 0.05) is 12.5 Å². The van der Waals surface area contributed by atoms with Crippen molar-refractivity contribution < 1.29 is 9.47 Å². The van der Waals surface area contributed by atoms with Crippen LogP contribution in [0.3, 0.4) is 0 Å². The van der Waals surface area contributed by atoms with Crippen LogP contribution in [0.4, 0.5) is 0 Å². The molecule has 0 spiro atoms. The Morgan fingerprint density at radius 1 is 1.18 bits per heavy atom. The van der Waals surface area contributed by atoms with Crippen molar-refractivity contribution in [2.45, 2.75) is 46.3 Å². The number of nitrogens with zero attached hydrogens (tertiary/aromatic N) is 3. The van der Waals surface area contributed by atoms with Crippen molar-refractivity contribution in [1.29, 1.82) is 0 Å². The molecule has 5 nitrogen and oxygen atoms in total. The molecule has 0 atom stereocenters. The maximum atomic E-state index is 5.50. The number of rotatable bonds is 8. The molecule has 1 aromatic rings. The SMILES string of the molecule is CC(C)OCCOCCc1cnnn1C(C)C. The summed E-state index contributed by atoms with van der Waals surface area (Å²) in [5.74, 6) is 0. The lowest BCUT2D eigenvalue weighted by Gasteiger charge is -2.10. The second-order valence-corrected chi connectivity index (χ2v) is 4.55. The lowest BCUT2D eigenvalue weighted by atomic mass is 10.3. The fraction of sp³-hybridized carbons (Fsp3) is 0.833. The fourth-order valence-electron chi connectivity index (χ4n) is 1.50. The molecule has 1 heterocycles. The quantitative estimate of drug-likeness (QED) is 0.652. The Morgan fingerprint density at radius 2 is 1.94 bits per heavy atom. The van der Waals surface area contributed by atoms with E-state index in [0.29, 0.717) is 25.9 Å². The first-order valence-corrected chi connectivity index (χ1v) is 6.19. The number of hydrogen-bond acceptors (Lipinski definition) is 4. The largest absolute Gasteiger partial charge is 0.379 e. The molecule has 0 aliphatic carbocycles. The average molecular weight is 241 g/mol. The van der Waals surface area contributed by atoms with Gasteiger partial charge in [0.1, 0.15) is 0 Å². The molecular formula is C12H23N3O2. The van der Waals surface area contributed by atoms with E-state index in [1.54, 1.807) is 6.20 Å². The minimum absolute atomic E-state index is 0.269. The lowest BCUT2D eigenvalue weighted by Crippen LogP contribution is -2.13. The van der Waals surface area contributed by atoms with Gasteiger partial charge in [0.05, 0.1) is 37.8 Å². The molecule has 98 valence electrons. The first-order chi connectivity index (χ1) is 8.11. The molecule has 0 fully saturated rings. The van der Waals surface area contributed by atoms with Crippen LogP contribution in [0.2, 0.25) is 0 Å². The summed E-state index contributed by atoms with van der Waals surface area (Å²) in [6.07, 6.45) is 2.91. The predicted octanol–water partition coefficient (Wildman–Crippen LogP) is 1.84. The van der Waals surface area contributed by atoms with E-state index in [1.165, 1.54) is 0 Å². The third-order valence-electron chi connectivity index (χ3n) is 2.32. The van der Waals surface area contributed by atoms with Gasteiger partial charge in [-0.2, -0.15) is 0 Å². The maximum absolute atomic E-state index is 5.50. The van der Waals surface area contributed by atoms with E-state index < -0.39 is 0 Å². The van der Waals surface area contributed by atoms with E-state index in [9.17, 15) is 0 Å². The Morgan fingerprint density at radius 3 is 2.59 bits per heavy atom. The van der Waals surface area contributed by atoms with Crippen LogP contribution in [0, 0.1) is 0 Å². The Hall–Kier alpha value is -0.940. The van der Waals surface area contributed by atoms with Gasteiger partial charge >= 0.3 is 0 Å². The van der Waals surface area contributed by atoms with E-state index in [1.807, 2.05) is 18.5 Å². The number of aromatic nitrogens is 3. The average Bonchev–Trinajstić information content (AvgIpc) is 2.71. The molecule has 0 radical (unpaired) electrons. The molecule has 0 unspecified atom stereocenters. The molecular weight excluding hydrogens is 218 g/mol. The van der Waals surface area contributed by atoms with Crippen LogP contribution in [-0.2, 0) is 15.9 Å². The van der Waals surface area contributed by atoms with E-state index in [-0.39, 0.29) is 6.10 Å². The molecule has 0 saturated carbocycles. The van der Waals surface area contributed by atoms with Crippen molar-refractivity contribution in [2.75, 3.05) is 19.8 Å². The highest BCUT2D eigenvalue weighted by atomic mass is 16.5. The summed E-state index contributed by atoms with van der Waals surface area (Å²) in [5.41, 5.74) is 1.12. The number of ether oxygens (including phenoxy) is 2. The summed E-state index contributed by atoms with van der Waals surface area (Å²) in [4.78, 5) is 0. The van der Waals surface area contributed by atoms with Crippen molar-refractivity contribution >= 4 is 0 Å². The first-order valence-electron chi connectivity index (χ1n) is 6.19. The highest BCUT2D eigenvalue weighted by Crippen LogP contribution is 2.06. The van der Waals surface area contributed by atoms with Crippen LogP contribution in [-0.4, -0.2) is 40.9 Å². The zero-order valence-corrected chi connectivity index (χ0v) is 11.2. The standard InChI is InChI=1S/C12H23N3O2/c1-10(2)15-12(9-13-14-15)5-6-16-7-8-17-11(3)4/h9-11H,5-8H2,1-4H3. The fourth-order valence-corrected chi connectivity index (χ4v) is 1.50. The van der Waals surface area contributed by atoms with Crippen LogP contribution in [0.15, 0.2) is 6.20 Å². The van der Waals surface area contributed by atoms with Gasteiger partial charge in [-0.3, -0.25) is 0 Å². The normalized spacial score (nSPS) is 11.6. The monoisotopic (exact) mass is 241 g/mol. The predicted molar refractivity (Wildman–Crippen MR) is 66.0 cm³/mol. The summed E-state index contributed by atoms with van der Waals surface area (Å²) >= 11 is 0. The summed E-state index contributed by atoms with van der Waals surface area (Å²) in [5, 5.41) is 7.95. The van der Waals surface area contributed by atoms with E-state index >= 15 is 0 Å². The van der Waals surface area contributed by atoms with Gasteiger partial charge in [-0.25, -0.2) is 4.68 Å². The van der Waals surface area contributed by atoms with Crippen molar-refractivity contribution in [1.82, 2.24) is 15.0 Å². The second kappa shape index (κ2) is 7.40. The van der Waals surface area contributed by atoms with E-state index in [0.717, 1.165) is 12.1 Å². The first kappa shape index (κ1) is 14.1.